The van der Waals surface area contributed by atoms with Gasteiger partial charge in [-0.25, -0.2) is 37.3 Å². The fourth-order valence-corrected chi connectivity index (χ4v) is 22.1. The molecule has 0 fully saturated rings. The van der Waals surface area contributed by atoms with Crippen molar-refractivity contribution in [1.82, 2.24) is 6.15 Å². The van der Waals surface area contributed by atoms with E-state index in [1.807, 2.05) is 6.07 Å². The van der Waals surface area contributed by atoms with Gasteiger partial charge in [0, 0.05) is 0 Å². The predicted molar refractivity (Wildman–Crippen MR) is 179 cm³/mol. The maximum atomic E-state index is 11.0. The minimum Gasteiger partial charge on any atom is -0.222 e. The summed E-state index contributed by atoms with van der Waals surface area (Å²) in [7, 11) is -11.4. The van der Waals surface area contributed by atoms with E-state index < -0.39 is 51.9 Å². The minimum absolute atomic E-state index is 0. The third-order valence-electron chi connectivity index (χ3n) is 6.76. The molecule has 276 valence electrons. The molecule has 16 heteroatoms. The van der Waals surface area contributed by atoms with Gasteiger partial charge in [0.25, 0.3) is 0 Å². The number of hydrogen-bond acceptors (Lipinski definition) is 11. The van der Waals surface area contributed by atoms with Crippen molar-refractivity contribution in [2.45, 2.75) is 9.28 Å². The van der Waals surface area contributed by atoms with E-state index in [0.717, 1.165) is 10.8 Å². The summed E-state index contributed by atoms with van der Waals surface area (Å²) in [6.45, 7) is 0. The zero-order chi connectivity index (χ0) is 37.3. The molecule has 2 atom stereocenters. The van der Waals surface area contributed by atoms with Crippen LogP contribution in [0.2, 0.25) is 9.28 Å². The van der Waals surface area contributed by atoms with Gasteiger partial charge in [-0.3, -0.25) is 0 Å². The van der Waals surface area contributed by atoms with Gasteiger partial charge < -0.3 is 6.15 Å². The smallest absolute Gasteiger partial charge is 0.112 e. The van der Waals surface area contributed by atoms with Crippen molar-refractivity contribution < 1.29 is 73.3 Å². The van der Waals surface area contributed by atoms with Crippen LogP contribution in [0.15, 0.2) is 152 Å². The molecule has 0 amide bonds. The van der Waals surface area contributed by atoms with Crippen LogP contribution in [0.5, 0.6) is 0 Å². The topological polar surface area (TPSA) is 267 Å². The molecule has 5 aromatic carbocycles. The second-order valence-electron chi connectivity index (χ2n) is 10.1. The van der Waals surface area contributed by atoms with Crippen LogP contribution >= 0.6 is 15.8 Å². The molecule has 2 unspecified atom stereocenters. The number of rotatable bonds is 11. The van der Waals surface area contributed by atoms with Crippen LogP contribution < -0.4 is 68.7 Å². The van der Waals surface area contributed by atoms with E-state index >= 15 is 0 Å². The van der Waals surface area contributed by atoms with Gasteiger partial charge >= 0.3 is 251 Å². The molecule has 3 N–H and O–H groups in total. The fourth-order valence-electron chi connectivity index (χ4n) is 4.75. The van der Waals surface area contributed by atoms with Crippen LogP contribution in [0.1, 0.15) is 0 Å². The number of hydrogen-bond donors (Lipinski definition) is 1. The molecular formula is C36H35Cl2N3O8P2Pd. The van der Waals surface area contributed by atoms with Crippen LogP contribution in [0.25, 0.3) is 0 Å². The van der Waals surface area contributed by atoms with Crippen LogP contribution in [0, 0.1) is 43.1 Å². The van der Waals surface area contributed by atoms with Gasteiger partial charge in [0.2, 0.25) is 0 Å². The molecule has 0 spiro atoms. The second kappa shape index (κ2) is 22.1. The molecule has 5 aromatic rings. The second-order valence-corrected chi connectivity index (χ2v) is 23.5. The first kappa shape index (κ1) is 45.0. The van der Waals surface area contributed by atoms with E-state index in [2.05, 4.69) is 158 Å². The Labute approximate surface area is 313 Å². The molecule has 0 aliphatic rings. The molecule has 0 heterocycles. The van der Waals surface area contributed by atoms with Gasteiger partial charge in [-0.2, -0.15) is 0 Å². The molecule has 0 aliphatic heterocycles. The Kier molecular flexibility index (Phi) is 19.1. The Hall–Kier alpha value is -3.18. The fraction of sp³-hybridized carbons (Fsp3) is 0.111. The Morgan fingerprint density at radius 2 is 0.788 bits per heavy atom. The van der Waals surface area contributed by atoms with Crippen molar-refractivity contribution >= 4 is 41.1 Å². The summed E-state index contributed by atoms with van der Waals surface area (Å²) in [5.41, 5.74) is 0. The van der Waals surface area contributed by atoms with E-state index in [9.17, 15) is 10.5 Å². The van der Waals surface area contributed by atoms with Crippen molar-refractivity contribution in [3.8, 4) is 12.1 Å². The summed E-state index contributed by atoms with van der Waals surface area (Å²) in [6, 6.07) is 58.8. The average molecular weight is 877 g/mol. The standard InChI is InChI=1S/C15H13NP.C13H12P.C6H5.C2H2N.2ClHO4.H3N.Pd/c16-12-7-13-17(14-8-3-1-4-9-14)15-10-5-2-6-11-15;1-14(12-8-4-2-5-9-12)13-10-6-3-7-11-13;1-2-4-6-5-3-1;1-2-3;2*2-1(3,4)5;;/h1-11H,13H2;2-11H,1H2;1-5H;1H2;2*(H,2,3,4,5);1H3;/q;;;;;;;+2/p-2. The minimum atomic E-state index is -4.94. The van der Waals surface area contributed by atoms with Gasteiger partial charge in [-0.15, -0.1) is 20.5 Å². The Morgan fingerprint density at radius 3 is 1.08 bits per heavy atom. The molecule has 0 saturated carbocycles. The Morgan fingerprint density at radius 1 is 0.500 bits per heavy atom. The number of benzene rings is 5. The molecule has 0 aliphatic carbocycles. The monoisotopic (exact) mass is 875 g/mol. The summed E-state index contributed by atoms with van der Waals surface area (Å²) in [6.07, 6.45) is 0.750. The first-order valence-corrected chi connectivity index (χ1v) is 24.0. The van der Waals surface area contributed by atoms with Gasteiger partial charge in [0.15, 0.2) is 0 Å². The van der Waals surface area contributed by atoms with Crippen molar-refractivity contribution in [1.29, 1.82) is 10.5 Å². The molecular weight excluding hydrogens is 842 g/mol. The van der Waals surface area contributed by atoms with E-state index in [4.69, 9.17) is 37.3 Å². The van der Waals surface area contributed by atoms with E-state index in [1.165, 1.54) is 25.3 Å². The predicted octanol–water partition coefficient (Wildman–Crippen LogP) is -2.41. The first-order valence-electron chi connectivity index (χ1n) is 14.6. The summed E-state index contributed by atoms with van der Waals surface area (Å²) >= 11 is -2.90. The van der Waals surface area contributed by atoms with E-state index in [0.29, 0.717) is 4.89 Å². The zero-order valence-electron chi connectivity index (χ0n) is 27.5. The molecule has 0 radical (unpaired) electrons. The van der Waals surface area contributed by atoms with Gasteiger partial charge in [0.05, 0.1) is 0 Å². The summed E-state index contributed by atoms with van der Waals surface area (Å²) in [5, 5.41) is 26.6. The Balaban J connectivity index is 0.000000753. The summed E-state index contributed by atoms with van der Waals surface area (Å²) < 4.78 is 69.8. The third-order valence-corrected chi connectivity index (χ3v) is 22.4. The normalized spacial score (nSPS) is 13.3. The number of nitriles is 2. The van der Waals surface area contributed by atoms with Crippen LogP contribution in [-0.2, 0) is 15.5 Å². The molecule has 52 heavy (non-hydrogen) atoms. The van der Waals surface area contributed by atoms with Crippen molar-refractivity contribution in [2.75, 3.05) is 10.8 Å². The quantitative estimate of drug-likeness (QED) is 0.108. The van der Waals surface area contributed by atoms with Crippen LogP contribution in [-0.4, -0.2) is 10.8 Å². The average Bonchev–Trinajstić information content (AvgIpc) is 3.11. The van der Waals surface area contributed by atoms with E-state index in [-0.39, 0.29) is 10.5 Å². The molecule has 0 aromatic heterocycles. The maximum Gasteiger partial charge on any atom is -0.112 e. The number of nitrogens with zero attached hydrogens (tertiary/aromatic N) is 2. The van der Waals surface area contributed by atoms with Crippen molar-refractivity contribution in [3.05, 3.63) is 152 Å². The maximum absolute atomic E-state index is 11.0. The van der Waals surface area contributed by atoms with Gasteiger partial charge in [0.1, 0.15) is 0 Å². The van der Waals surface area contributed by atoms with Crippen molar-refractivity contribution in [2.24, 2.45) is 0 Å². The van der Waals surface area contributed by atoms with Gasteiger partial charge in [-0.1, -0.05) is 0 Å². The Bertz CT molecular complexity index is 1720. The van der Waals surface area contributed by atoms with Crippen LogP contribution in [0.4, 0.5) is 0 Å². The van der Waals surface area contributed by atoms with Crippen molar-refractivity contribution in [3.63, 3.8) is 0 Å². The summed E-state index contributed by atoms with van der Waals surface area (Å²) in [5.74, 6) is 0. The van der Waals surface area contributed by atoms with Gasteiger partial charge in [-0.05, 0) is 0 Å². The molecule has 0 saturated heterocycles. The molecule has 0 bridgehead atoms. The third kappa shape index (κ3) is 15.4. The molecule has 11 nitrogen and oxygen atoms in total. The largest absolute Gasteiger partial charge is 0.222 e. The molecule has 5 rings (SSSR count). The zero-order valence-corrected chi connectivity index (χ0v) is 32.3. The summed E-state index contributed by atoms with van der Waals surface area (Å²) in [4.78, 5) is 0.428. The first-order chi connectivity index (χ1) is 24.2. The SMILES string of the molecule is N.N#C[CH2][Pd+2]([CH2]P(c1ccccc1)c1ccccc1)([c]1ccccc1)[CH](C#N)CP(c1ccccc1)c1ccccc1.[O-][Cl+3]([O-])([O-])[O-].[O-][Cl+3]([O-])([O-])[O-]. The van der Waals surface area contributed by atoms with E-state index in [1.54, 1.807) is 0 Å². The number of halogens is 2. The van der Waals surface area contributed by atoms with Crippen LogP contribution in [0.3, 0.4) is 0 Å².